The number of carbonyl (C=O) groups is 1. The Kier molecular flexibility index (Phi) is 6.34. The Morgan fingerprint density at radius 2 is 2.12 bits per heavy atom. The minimum atomic E-state index is -0.181. The van der Waals surface area contributed by atoms with Crippen molar-refractivity contribution < 1.29 is 4.79 Å². The van der Waals surface area contributed by atoms with Gasteiger partial charge in [0.1, 0.15) is 4.38 Å². The lowest BCUT2D eigenvalue weighted by molar-refractivity contribution is -0.119. The van der Waals surface area contributed by atoms with Crippen LogP contribution in [0.25, 0.3) is 0 Å². The van der Waals surface area contributed by atoms with Crippen LogP contribution >= 0.6 is 46.7 Å². The highest BCUT2D eigenvalue weighted by Gasteiger charge is 2.16. The molecule has 1 amide bonds. The van der Waals surface area contributed by atoms with Gasteiger partial charge in [-0.2, -0.15) is 0 Å². The molecule has 0 spiro atoms. The Bertz CT molecular complexity index is 826. The minimum Gasteiger partial charge on any atom is -0.349 e. The second kappa shape index (κ2) is 8.49. The SMILES string of the molecule is C[C@H](NC(=O)CSC1=Nc2ccccc2CS1)c1ccc(Cl)cc1Cl. The van der Waals surface area contributed by atoms with Crippen molar-refractivity contribution in [1.82, 2.24) is 5.32 Å². The molecular weight excluding hydrogens is 395 g/mol. The zero-order valence-electron chi connectivity index (χ0n) is 13.5. The molecule has 1 atom stereocenters. The predicted octanol–water partition coefficient (Wildman–Crippen LogP) is 5.84. The molecule has 0 unspecified atom stereocenters. The summed E-state index contributed by atoms with van der Waals surface area (Å²) in [6, 6.07) is 13.2. The normalized spacial score (nSPS) is 14.4. The van der Waals surface area contributed by atoms with Crippen LogP contribution in [0.3, 0.4) is 0 Å². The summed E-state index contributed by atoms with van der Waals surface area (Å²) >= 11 is 15.2. The Morgan fingerprint density at radius 1 is 1.32 bits per heavy atom. The highest BCUT2D eigenvalue weighted by molar-refractivity contribution is 8.38. The molecule has 2 aromatic rings. The zero-order chi connectivity index (χ0) is 17.8. The molecule has 0 radical (unpaired) electrons. The van der Waals surface area contributed by atoms with E-state index in [0.717, 1.165) is 21.4 Å². The molecule has 0 saturated carbocycles. The van der Waals surface area contributed by atoms with Crippen LogP contribution in [0.4, 0.5) is 5.69 Å². The van der Waals surface area contributed by atoms with Crippen molar-refractivity contribution in [2.24, 2.45) is 4.99 Å². The van der Waals surface area contributed by atoms with Crippen LogP contribution in [0, 0.1) is 0 Å². The molecule has 1 N–H and O–H groups in total. The van der Waals surface area contributed by atoms with Crippen LogP contribution in [0.2, 0.25) is 10.0 Å². The highest BCUT2D eigenvalue weighted by Crippen LogP contribution is 2.34. The first kappa shape index (κ1) is 18.6. The number of carbonyl (C=O) groups excluding carboxylic acids is 1. The molecule has 0 saturated heterocycles. The monoisotopic (exact) mass is 410 g/mol. The molecule has 2 aromatic carbocycles. The summed E-state index contributed by atoms with van der Waals surface area (Å²) in [6.45, 7) is 1.90. The minimum absolute atomic E-state index is 0.0503. The van der Waals surface area contributed by atoms with E-state index in [0.29, 0.717) is 15.8 Å². The second-order valence-corrected chi connectivity index (χ2v) is 8.57. The maximum Gasteiger partial charge on any atom is 0.230 e. The van der Waals surface area contributed by atoms with Gasteiger partial charge in [-0.1, -0.05) is 71.0 Å². The topological polar surface area (TPSA) is 41.5 Å². The van der Waals surface area contributed by atoms with Crippen molar-refractivity contribution in [3.05, 3.63) is 63.6 Å². The van der Waals surface area contributed by atoms with Crippen LogP contribution in [-0.2, 0) is 10.5 Å². The van der Waals surface area contributed by atoms with Crippen molar-refractivity contribution in [3.63, 3.8) is 0 Å². The molecule has 7 heteroatoms. The number of hydrogen-bond donors (Lipinski definition) is 1. The number of aliphatic imine (C=N–C) groups is 1. The van der Waals surface area contributed by atoms with Gasteiger partial charge in [0.2, 0.25) is 5.91 Å². The van der Waals surface area contributed by atoms with Crippen LogP contribution in [-0.4, -0.2) is 16.0 Å². The summed E-state index contributed by atoms with van der Waals surface area (Å²) in [5.74, 6) is 1.16. The number of nitrogens with zero attached hydrogens (tertiary/aromatic N) is 1. The number of nitrogens with one attached hydrogen (secondary N) is 1. The van der Waals surface area contributed by atoms with Gasteiger partial charge in [-0.05, 0) is 36.2 Å². The van der Waals surface area contributed by atoms with E-state index in [9.17, 15) is 4.79 Å². The standard InChI is InChI=1S/C18H16Cl2N2OS2/c1-11(14-7-6-13(19)8-15(14)20)21-17(23)10-25-18-22-16-5-3-2-4-12(16)9-24-18/h2-8,11H,9-10H2,1H3,(H,21,23)/t11-/m0/s1. The molecular formula is C18H16Cl2N2OS2. The zero-order valence-corrected chi connectivity index (χ0v) is 16.6. The molecule has 3 rings (SSSR count). The fraction of sp³-hybridized carbons (Fsp3) is 0.222. The first-order chi connectivity index (χ1) is 12.0. The molecule has 25 heavy (non-hydrogen) atoms. The van der Waals surface area contributed by atoms with Crippen LogP contribution in [0.5, 0.6) is 0 Å². The van der Waals surface area contributed by atoms with Gasteiger partial charge in [-0.25, -0.2) is 4.99 Å². The molecule has 0 bridgehead atoms. The fourth-order valence-electron chi connectivity index (χ4n) is 2.43. The van der Waals surface area contributed by atoms with E-state index in [1.807, 2.05) is 31.2 Å². The van der Waals surface area contributed by atoms with E-state index < -0.39 is 0 Å². The average molecular weight is 411 g/mol. The first-order valence-electron chi connectivity index (χ1n) is 7.69. The van der Waals surface area contributed by atoms with Crippen molar-refractivity contribution >= 4 is 62.7 Å². The van der Waals surface area contributed by atoms with Gasteiger partial charge in [-0.3, -0.25) is 4.79 Å². The maximum atomic E-state index is 12.2. The van der Waals surface area contributed by atoms with Crippen molar-refractivity contribution in [3.8, 4) is 0 Å². The average Bonchev–Trinajstić information content (AvgIpc) is 2.59. The van der Waals surface area contributed by atoms with Crippen LogP contribution < -0.4 is 5.32 Å². The van der Waals surface area contributed by atoms with E-state index in [-0.39, 0.29) is 11.9 Å². The molecule has 1 heterocycles. The number of benzene rings is 2. The van der Waals surface area contributed by atoms with Gasteiger partial charge in [-0.15, -0.1) is 0 Å². The smallest absolute Gasteiger partial charge is 0.230 e. The van der Waals surface area contributed by atoms with Crippen LogP contribution in [0.15, 0.2) is 47.5 Å². The third kappa shape index (κ3) is 4.94. The molecule has 1 aliphatic heterocycles. The van der Waals surface area contributed by atoms with Crippen molar-refractivity contribution in [1.29, 1.82) is 0 Å². The lowest BCUT2D eigenvalue weighted by Crippen LogP contribution is -2.28. The number of para-hydroxylation sites is 1. The summed E-state index contributed by atoms with van der Waals surface area (Å²) in [5.41, 5.74) is 3.07. The lowest BCUT2D eigenvalue weighted by atomic mass is 10.1. The summed E-state index contributed by atoms with van der Waals surface area (Å²) < 4.78 is 0.922. The van der Waals surface area contributed by atoms with Crippen LogP contribution in [0.1, 0.15) is 24.1 Å². The van der Waals surface area contributed by atoms with Gasteiger partial charge in [0.05, 0.1) is 17.5 Å². The Labute approximate surface area is 165 Å². The van der Waals surface area contributed by atoms with E-state index in [1.54, 1.807) is 23.9 Å². The van der Waals surface area contributed by atoms with E-state index >= 15 is 0 Å². The van der Waals surface area contributed by atoms with Crippen molar-refractivity contribution in [2.45, 2.75) is 18.7 Å². The molecule has 0 aromatic heterocycles. The van der Waals surface area contributed by atoms with E-state index in [4.69, 9.17) is 23.2 Å². The third-order valence-electron chi connectivity index (χ3n) is 3.69. The van der Waals surface area contributed by atoms with Gasteiger partial charge < -0.3 is 5.32 Å². The summed E-state index contributed by atoms with van der Waals surface area (Å²) in [7, 11) is 0. The number of fused-ring (bicyclic) bond motifs is 1. The number of hydrogen-bond acceptors (Lipinski definition) is 4. The van der Waals surface area contributed by atoms with E-state index in [2.05, 4.69) is 16.4 Å². The summed E-state index contributed by atoms with van der Waals surface area (Å²) in [6.07, 6.45) is 0. The van der Waals surface area contributed by atoms with E-state index in [1.165, 1.54) is 17.3 Å². The molecule has 130 valence electrons. The number of amides is 1. The Balaban J connectivity index is 1.56. The quantitative estimate of drug-likeness (QED) is 0.687. The van der Waals surface area contributed by atoms with Gasteiger partial charge in [0.25, 0.3) is 0 Å². The predicted molar refractivity (Wildman–Crippen MR) is 110 cm³/mol. The highest BCUT2D eigenvalue weighted by atomic mass is 35.5. The fourth-order valence-corrected chi connectivity index (χ4v) is 4.87. The third-order valence-corrected chi connectivity index (χ3v) is 6.50. The van der Waals surface area contributed by atoms with Gasteiger partial charge in [0, 0.05) is 15.8 Å². The first-order valence-corrected chi connectivity index (χ1v) is 10.4. The molecule has 0 fully saturated rings. The van der Waals surface area contributed by atoms with Gasteiger partial charge >= 0.3 is 0 Å². The number of halogens is 2. The molecule has 0 aliphatic carbocycles. The number of rotatable bonds is 4. The number of thioether (sulfide) groups is 2. The van der Waals surface area contributed by atoms with Crippen molar-refractivity contribution in [2.75, 3.05) is 5.75 Å². The second-order valence-electron chi connectivity index (χ2n) is 5.54. The summed E-state index contributed by atoms with van der Waals surface area (Å²) in [5, 5.41) is 4.10. The largest absolute Gasteiger partial charge is 0.349 e. The molecule has 3 nitrogen and oxygen atoms in total. The Morgan fingerprint density at radius 3 is 2.92 bits per heavy atom. The summed E-state index contributed by atoms with van der Waals surface area (Å²) in [4.78, 5) is 16.8. The maximum absolute atomic E-state index is 12.2. The molecule has 1 aliphatic rings. The Hall–Kier alpha value is -1.14. The van der Waals surface area contributed by atoms with Gasteiger partial charge in [0.15, 0.2) is 0 Å². The lowest BCUT2D eigenvalue weighted by Gasteiger charge is -2.17.